The van der Waals surface area contributed by atoms with Crippen LogP contribution in [-0.4, -0.2) is 347 Å². The average molecular weight is 2120 g/mol. The number of benzene rings is 1. The monoisotopic (exact) mass is 2120 g/mol. The zero-order valence-corrected chi connectivity index (χ0v) is 90.2. The first-order valence-corrected chi connectivity index (χ1v) is 47.9. The van der Waals surface area contributed by atoms with Crippen LogP contribution in [0.4, 0.5) is 0 Å². The fraction of sp³-hybridized carbons (Fsp3) is 0.811. The summed E-state index contributed by atoms with van der Waals surface area (Å²) in [6.45, 7) is 37.2. The third-order valence-corrected chi connectivity index (χ3v) is 26.2. The molecule has 8 aliphatic rings. The Kier molecular flexibility index (Phi) is 58.6. The summed E-state index contributed by atoms with van der Waals surface area (Å²) in [5.41, 5.74) is 0.884. The van der Waals surface area contributed by atoms with Crippen LogP contribution in [0.15, 0.2) is 29.2 Å². The van der Waals surface area contributed by atoms with Crippen LogP contribution in [0.3, 0.4) is 0 Å². The minimum atomic E-state index is -4.15. The number of hydrogen-bond donors (Lipinski definition) is 10. The van der Waals surface area contributed by atoms with E-state index < -0.39 is 261 Å². The van der Waals surface area contributed by atoms with Gasteiger partial charge in [-0.15, -0.1) is 0 Å². The predicted octanol–water partition coefficient (Wildman–Crippen LogP) is -0.393. The number of aryl methyl sites for hydroxylation is 1. The fourth-order valence-corrected chi connectivity index (χ4v) is 17.6. The van der Waals surface area contributed by atoms with Crippen LogP contribution in [0, 0.1) is 60.2 Å². The summed E-state index contributed by atoms with van der Waals surface area (Å²) in [6, 6.07) is 6.18. The van der Waals surface area contributed by atoms with Gasteiger partial charge in [0.1, 0.15) is 97.7 Å². The summed E-state index contributed by atoms with van der Waals surface area (Å²) < 4.78 is 151. The third kappa shape index (κ3) is 38.1. The molecule has 8 saturated heterocycles. The number of hydrogen-bond acceptors (Lipinski definition) is 44. The number of ether oxygens (including phenoxy) is 21. The van der Waals surface area contributed by atoms with Crippen molar-refractivity contribution in [3.8, 4) is 0 Å². The topological polar surface area (TPSA) is 627 Å². The van der Waals surface area contributed by atoms with Crippen molar-refractivity contribution in [3.63, 3.8) is 0 Å². The van der Waals surface area contributed by atoms with E-state index in [4.69, 9.17) is 147 Å². The van der Waals surface area contributed by atoms with Gasteiger partial charge in [0.25, 0.3) is 10.1 Å². The summed E-state index contributed by atoms with van der Waals surface area (Å²) in [4.78, 5) is 123. The van der Waals surface area contributed by atoms with Crippen molar-refractivity contribution in [1.82, 2.24) is 0 Å². The van der Waals surface area contributed by atoms with Crippen LogP contribution in [0.1, 0.15) is 190 Å². The summed E-state index contributed by atoms with van der Waals surface area (Å²) in [7, 11) is -4.15. The first-order valence-electron chi connectivity index (χ1n) is 45.6. The molecule has 0 bridgehead atoms. The molecule has 45 nitrogen and oxygen atoms in total. The van der Waals surface area contributed by atoms with Crippen LogP contribution in [0.5, 0.6) is 0 Å². The molecular weight excluding hydrogens is 1980 g/mol. The molecule has 1 aromatic carbocycles. The van der Waals surface area contributed by atoms with E-state index in [-0.39, 0.29) is 154 Å². The second-order valence-corrected chi connectivity index (χ2v) is 37.5. The normalized spacial score (nSPS) is 37.2. The minimum absolute atomic E-state index is 0. The molecular formula is C90H146Cl2KO45S2+. The molecule has 140 heavy (non-hydrogen) atoms. The van der Waals surface area contributed by atoms with E-state index in [0.717, 1.165) is 5.56 Å². The van der Waals surface area contributed by atoms with Gasteiger partial charge >= 0.3 is 111 Å². The maximum atomic E-state index is 12.9. The van der Waals surface area contributed by atoms with Gasteiger partial charge in [0.15, 0.2) is 49.8 Å². The molecule has 0 aliphatic carbocycles. The number of aliphatic carboxylic acids is 1. The summed E-state index contributed by atoms with van der Waals surface area (Å²) in [5.74, 6) is -8.00. The van der Waals surface area contributed by atoms with E-state index in [1.165, 1.54) is 87.7 Å². The molecule has 8 fully saturated rings. The van der Waals surface area contributed by atoms with Gasteiger partial charge in [0.2, 0.25) is 23.7 Å². The van der Waals surface area contributed by atoms with Crippen LogP contribution in [0.25, 0.3) is 0 Å². The summed E-state index contributed by atoms with van der Waals surface area (Å²) in [6.07, 6.45) is -27.8. The summed E-state index contributed by atoms with van der Waals surface area (Å²) >= 11 is 9.56. The molecule has 8 aliphatic heterocycles. The number of carbonyl (C=O) groups excluding carboxylic acids is 10. The first kappa shape index (κ1) is 131. The molecule has 10 N–H and O–H groups in total. The number of rotatable bonds is 29. The number of carbonyl (C=O) groups is 10. The van der Waals surface area contributed by atoms with Gasteiger partial charge in [-0.3, -0.25) is 53.6 Å². The van der Waals surface area contributed by atoms with Crippen molar-refractivity contribution in [2.24, 2.45) is 53.3 Å². The van der Waals surface area contributed by atoms with E-state index in [0.29, 0.717) is 25.7 Å². The van der Waals surface area contributed by atoms with Crippen LogP contribution >= 0.6 is 23.2 Å². The molecule has 50 heteroatoms. The molecule has 40 atom stereocenters. The van der Waals surface area contributed by atoms with E-state index >= 15 is 0 Å². The Morgan fingerprint density at radius 2 is 0.564 bits per heavy atom. The van der Waals surface area contributed by atoms with E-state index in [1.807, 2.05) is 96.9 Å². The fourth-order valence-electron chi connectivity index (χ4n) is 16.7. The third-order valence-electron chi connectivity index (χ3n) is 24.5. The van der Waals surface area contributed by atoms with E-state index in [2.05, 4.69) is 0 Å². The van der Waals surface area contributed by atoms with E-state index in [1.54, 1.807) is 12.1 Å². The smallest absolute Gasteiger partial charge is 0.542 e. The number of carboxylic acids is 1. The van der Waals surface area contributed by atoms with Gasteiger partial charge in [-0.1, -0.05) is 144 Å². The van der Waals surface area contributed by atoms with E-state index in [9.17, 15) is 92.1 Å². The van der Waals surface area contributed by atoms with Crippen molar-refractivity contribution < 1.29 is 267 Å². The Labute approximate surface area is 875 Å². The molecule has 3 unspecified atom stereocenters. The Hall–Kier alpha value is -4.77. The van der Waals surface area contributed by atoms with Crippen LogP contribution < -0.4 is 51.4 Å². The van der Waals surface area contributed by atoms with Gasteiger partial charge in [0.05, 0.1) is 55.7 Å². The zero-order valence-electron chi connectivity index (χ0n) is 83.6. The number of aliphatic hydroxyl groups excluding tert-OH is 9. The first-order chi connectivity index (χ1) is 64.5. The summed E-state index contributed by atoms with van der Waals surface area (Å²) in [5, 5.41) is 94.0. The number of halogens is 2. The number of carboxylic acid groups (broad SMARTS) is 1. The molecule has 0 spiro atoms. The molecule has 0 amide bonds. The SMILES string of the molecule is CC[C@H]1O[C@H](O[C@H]2O[C@H](CC)[C@@H](C)[C@H](OC(C)=O)[C@H]2OC(C)=O)[C@H](C)[C@@H](C)C1OC(C)=O.CC[C@H]1O[C@H](O[C@H]2O[C@H](CO)C(OC(C)=O)[C@H](C)[C@H]2C)[C@H](OC(C)=O)[C@@H](OC(C)=O)[C@@H]1C.CC[C@H]1O[C@H](O[C@H]2O[C@H](COS(=O)(=O)c3ccc(C)cc3)C(OC(C)=O)[C@H](C)[C@H]2C)[C@H](OC(C)=O)[C@@H](OC(C)=O)[C@@H]1C.C[C-]=O.O=C(O)C(Cl)Cl.OC[C@H]1O[C@H](O[C@H]2O[C@H](CO)[C@@H](O)[C@H](O)[C@H]2O)[C@H](O)[C@@H](O)[C@@H]1O.[K+].[SH3+]. The molecule has 8 heterocycles. The molecule has 0 aromatic heterocycles. The van der Waals surface area contributed by atoms with Crippen LogP contribution in [0.2, 0.25) is 0 Å². The molecule has 1 aromatic rings. The van der Waals surface area contributed by atoms with Crippen molar-refractivity contribution in [2.45, 2.75) is 392 Å². The maximum Gasteiger partial charge on any atom is 1.00 e. The molecule has 9 rings (SSSR count). The standard InChI is InChI=1S/C29H42O12S.C23H38O9.C22H36O10.C12H22O11.C2H2Cl2O2.C2H3O.K.H2S/c1-9-23-18(5)26(37-20(7)31)27(38-21(8)32)29(39-23)41-28-17(4)16(3)25(36-19(6)30)24(40-28)14-35-42(33,34)22-12-10-15(2)11-13-22;1-9-17-13(5)20(28-15(7)25)21(29-16(8)26)23(30-17)32-22-12(4)11(3)19(27-14(6)24)18(10-2)31-22;1-8-16-12(4)19(28-14(6)25)20(29-15(7)26)22(30-16)32-21-11(3)10(2)18(27-13(5)24)17(9-23)31-21;13-1-3-5(15)7(17)9(19)11(21-3)23-12-10(20)8(18)6(16)4(2-14)22-12;3-1(4)2(5)6;1-2-3;;/h10-13,16-18,23-29H,9,14H2,1-8H3;11-13,17-23H,9-10H2,1-8H3;10-12,16-23H,8-9H2,1-7H3;3-20H,1-2H2;1H,(H,5,6);1H3;;1H2/q;;;;;-1;+1;/p+1/t16-,17-,18-,23-,24-,25?,26+,27-,28-,29-;11-,12-,13-,17-,18-,19?,20+,21-,22-,23-;10-,11-,12-,16-,17-,18?,19+,20-,21-,22-;3-,4-,5-,6-,7+,8+,9-,10-,11-,12-;;;;/m1111..../s1. The molecule has 0 radical (unpaired) electrons. The Bertz CT molecular complexity index is 3940. The Morgan fingerprint density at radius 1 is 0.343 bits per heavy atom. The largest absolute Gasteiger partial charge is 1.00 e. The second-order valence-electron chi connectivity index (χ2n) is 34.8. The molecule has 0 saturated carbocycles. The zero-order chi connectivity index (χ0) is 105. The van der Waals surface area contributed by atoms with Gasteiger partial charge in [-0.2, -0.15) is 15.3 Å². The quantitative estimate of drug-likeness (QED) is 0.00928. The van der Waals surface area contributed by atoms with Gasteiger partial charge in [0, 0.05) is 116 Å². The van der Waals surface area contributed by atoms with Gasteiger partial charge in [-0.05, 0) is 44.7 Å². The second kappa shape index (κ2) is 62.5. The molecule has 802 valence electrons. The van der Waals surface area contributed by atoms with Gasteiger partial charge in [-0.25, -0.2) is 4.79 Å². The Balaban J connectivity index is 0.000000619. The van der Waals surface area contributed by atoms with Crippen molar-refractivity contribution in [2.75, 3.05) is 26.4 Å². The van der Waals surface area contributed by atoms with Gasteiger partial charge < -0.3 is 155 Å². The predicted molar refractivity (Wildman–Crippen MR) is 485 cm³/mol. The number of aliphatic hydroxyl groups is 9. The number of esters is 9. The maximum absolute atomic E-state index is 12.9. The van der Waals surface area contributed by atoms with Crippen molar-refractivity contribution in [1.29, 1.82) is 0 Å². The minimum Gasteiger partial charge on any atom is -0.542 e. The van der Waals surface area contributed by atoms with Crippen molar-refractivity contribution in [3.05, 3.63) is 29.8 Å². The number of alkyl halides is 2. The van der Waals surface area contributed by atoms with Crippen molar-refractivity contribution >= 4 is 113 Å². The average Bonchev–Trinajstić information content (AvgIpc) is 0.783. The van der Waals surface area contributed by atoms with Crippen LogP contribution in [-0.2, 0) is 180 Å². The Morgan fingerprint density at radius 3 is 0.821 bits per heavy atom.